The van der Waals surface area contributed by atoms with Crippen molar-refractivity contribution in [2.24, 2.45) is 5.92 Å². The van der Waals surface area contributed by atoms with Gasteiger partial charge in [-0.2, -0.15) is 0 Å². The number of hydrogen-bond acceptors (Lipinski definition) is 2. The number of fused-ring (bicyclic) bond motifs is 4. The molecule has 3 aliphatic rings. The van der Waals surface area contributed by atoms with Crippen molar-refractivity contribution in [2.45, 2.75) is 65.0 Å². The molecule has 1 aromatic heterocycles. The number of nitrogens with zero attached hydrogens (tertiary/aromatic N) is 1. The van der Waals surface area contributed by atoms with E-state index in [1.54, 1.807) is 26.5 Å². The number of thiophene rings is 1. The van der Waals surface area contributed by atoms with E-state index < -0.39 is 0 Å². The van der Waals surface area contributed by atoms with E-state index in [4.69, 9.17) is 0 Å². The van der Waals surface area contributed by atoms with Crippen LogP contribution < -0.4 is 0 Å². The molecule has 2 aliphatic heterocycles. The van der Waals surface area contributed by atoms with E-state index in [1.807, 2.05) is 0 Å². The number of allylic oxidation sites excluding steroid dienone is 1. The molecule has 0 saturated carbocycles. The smallest absolute Gasteiger partial charge is 0.0361 e. The monoisotopic (exact) mass is 313 g/mol. The lowest BCUT2D eigenvalue weighted by molar-refractivity contribution is 0.129. The Kier molecular flexibility index (Phi) is 3.58. The van der Waals surface area contributed by atoms with Crippen molar-refractivity contribution >= 4 is 17.4 Å². The zero-order chi connectivity index (χ0) is 15.4. The molecule has 1 nitrogen and oxygen atoms in total. The summed E-state index contributed by atoms with van der Waals surface area (Å²) in [5, 5.41) is 0. The first-order valence-corrected chi connectivity index (χ1v) is 9.68. The SMILES string of the molecule is CC(C)C1=CC2C(C)c3sc4c(c3C(C)N2CC1)CCC=C4. The highest BCUT2D eigenvalue weighted by atomic mass is 32.1. The molecule has 2 heteroatoms. The summed E-state index contributed by atoms with van der Waals surface area (Å²) in [5.74, 6) is 1.34. The van der Waals surface area contributed by atoms with Crippen LogP contribution in [0.2, 0.25) is 0 Å². The average Bonchev–Trinajstić information content (AvgIpc) is 2.92. The van der Waals surface area contributed by atoms with Gasteiger partial charge in [-0.25, -0.2) is 0 Å². The lowest BCUT2D eigenvalue weighted by Gasteiger charge is -2.46. The summed E-state index contributed by atoms with van der Waals surface area (Å²) in [6.07, 6.45) is 11.1. The second-order valence-corrected chi connectivity index (χ2v) is 8.59. The van der Waals surface area contributed by atoms with Crippen LogP contribution in [0.5, 0.6) is 0 Å². The molecule has 0 aromatic carbocycles. The van der Waals surface area contributed by atoms with Crippen molar-refractivity contribution in [3.05, 3.63) is 38.6 Å². The van der Waals surface area contributed by atoms with Crippen LogP contribution in [0.1, 0.15) is 73.4 Å². The van der Waals surface area contributed by atoms with Crippen LogP contribution in [-0.2, 0) is 6.42 Å². The first-order chi connectivity index (χ1) is 10.6. The summed E-state index contributed by atoms with van der Waals surface area (Å²) in [5.41, 5.74) is 5.03. The van der Waals surface area contributed by atoms with Crippen LogP contribution in [0.25, 0.3) is 6.08 Å². The fourth-order valence-electron chi connectivity index (χ4n) is 4.61. The fraction of sp³-hybridized carbons (Fsp3) is 0.600. The maximum atomic E-state index is 2.77. The molecule has 3 unspecified atom stereocenters. The molecule has 0 saturated heterocycles. The van der Waals surface area contributed by atoms with Gasteiger partial charge in [-0.1, -0.05) is 38.5 Å². The van der Waals surface area contributed by atoms with Crippen molar-refractivity contribution in [3.8, 4) is 0 Å². The molecule has 3 atom stereocenters. The van der Waals surface area contributed by atoms with Gasteiger partial charge in [-0.05, 0) is 49.3 Å². The zero-order valence-corrected chi connectivity index (χ0v) is 15.0. The predicted molar refractivity (Wildman–Crippen MR) is 96.5 cm³/mol. The quantitative estimate of drug-likeness (QED) is 0.615. The summed E-state index contributed by atoms with van der Waals surface area (Å²) in [6, 6.07) is 1.20. The van der Waals surface area contributed by atoms with Crippen LogP contribution in [0, 0.1) is 5.92 Å². The third-order valence-corrected chi connectivity index (χ3v) is 7.36. The first kappa shape index (κ1) is 14.7. The summed E-state index contributed by atoms with van der Waals surface area (Å²) < 4.78 is 0. The van der Waals surface area contributed by atoms with E-state index in [2.05, 4.69) is 62.2 Å². The Balaban J connectivity index is 1.80. The highest BCUT2D eigenvalue weighted by molar-refractivity contribution is 7.13. The van der Waals surface area contributed by atoms with E-state index in [9.17, 15) is 0 Å². The molecule has 0 N–H and O–H groups in total. The summed E-state index contributed by atoms with van der Waals surface area (Å²) in [7, 11) is 0. The van der Waals surface area contributed by atoms with Crippen LogP contribution in [0.3, 0.4) is 0 Å². The third-order valence-electron chi connectivity index (χ3n) is 5.95. The fourth-order valence-corrected chi connectivity index (χ4v) is 6.08. The van der Waals surface area contributed by atoms with E-state index in [0.29, 0.717) is 23.9 Å². The topological polar surface area (TPSA) is 3.24 Å². The van der Waals surface area contributed by atoms with Crippen LogP contribution >= 0.6 is 11.3 Å². The van der Waals surface area contributed by atoms with Crippen molar-refractivity contribution in [1.29, 1.82) is 0 Å². The van der Waals surface area contributed by atoms with Crippen LogP contribution in [-0.4, -0.2) is 17.5 Å². The molecule has 3 heterocycles. The van der Waals surface area contributed by atoms with Crippen molar-refractivity contribution in [1.82, 2.24) is 4.90 Å². The summed E-state index contributed by atoms with van der Waals surface area (Å²) >= 11 is 2.07. The van der Waals surface area contributed by atoms with E-state index >= 15 is 0 Å². The highest BCUT2D eigenvalue weighted by Gasteiger charge is 2.40. The maximum Gasteiger partial charge on any atom is 0.0361 e. The Hall–Kier alpha value is -0.860. The lowest BCUT2D eigenvalue weighted by Crippen LogP contribution is -2.46. The largest absolute Gasteiger partial charge is 0.289 e. The van der Waals surface area contributed by atoms with Crippen LogP contribution in [0.15, 0.2) is 17.7 Å². The van der Waals surface area contributed by atoms with Gasteiger partial charge in [0.05, 0.1) is 0 Å². The molecule has 0 amide bonds. The zero-order valence-electron chi connectivity index (χ0n) is 14.2. The van der Waals surface area contributed by atoms with Gasteiger partial charge in [0.15, 0.2) is 0 Å². The van der Waals surface area contributed by atoms with Gasteiger partial charge < -0.3 is 0 Å². The minimum atomic E-state index is 0.590. The number of rotatable bonds is 1. The van der Waals surface area contributed by atoms with Crippen molar-refractivity contribution < 1.29 is 0 Å². The van der Waals surface area contributed by atoms with Crippen molar-refractivity contribution in [2.75, 3.05) is 6.54 Å². The van der Waals surface area contributed by atoms with E-state index in [-0.39, 0.29) is 0 Å². The highest BCUT2D eigenvalue weighted by Crippen LogP contribution is 2.50. The average molecular weight is 314 g/mol. The predicted octanol–water partition coefficient (Wildman–Crippen LogP) is 5.54. The molecule has 0 fully saturated rings. The third kappa shape index (κ3) is 2.07. The second kappa shape index (κ2) is 5.35. The molecule has 0 radical (unpaired) electrons. The first-order valence-electron chi connectivity index (χ1n) is 8.86. The van der Waals surface area contributed by atoms with Gasteiger partial charge in [-0.15, -0.1) is 11.3 Å². The Morgan fingerprint density at radius 2 is 2.05 bits per heavy atom. The Bertz CT molecular complexity index is 649. The van der Waals surface area contributed by atoms with Gasteiger partial charge in [-0.3, -0.25) is 4.90 Å². The van der Waals surface area contributed by atoms with Gasteiger partial charge in [0.2, 0.25) is 0 Å². The molecular weight excluding hydrogens is 286 g/mol. The molecule has 1 aromatic rings. The van der Waals surface area contributed by atoms with E-state index in [1.165, 1.54) is 25.8 Å². The van der Waals surface area contributed by atoms with E-state index in [0.717, 1.165) is 0 Å². The molecule has 118 valence electrons. The lowest BCUT2D eigenvalue weighted by atomic mass is 9.79. The Labute approximate surface area is 138 Å². The van der Waals surface area contributed by atoms with Gasteiger partial charge in [0, 0.05) is 34.3 Å². The van der Waals surface area contributed by atoms with Gasteiger partial charge >= 0.3 is 0 Å². The standard InChI is InChI=1S/C20H27NS/c1-12(2)15-9-10-21-14(4)19-16-7-5-6-8-18(16)22-20(19)13(3)17(21)11-15/h6,8,11-14,17H,5,7,9-10H2,1-4H3. The summed E-state index contributed by atoms with van der Waals surface area (Å²) in [4.78, 5) is 5.99. The molecule has 0 bridgehead atoms. The summed E-state index contributed by atoms with van der Waals surface area (Å²) in [6.45, 7) is 10.8. The minimum absolute atomic E-state index is 0.590. The Morgan fingerprint density at radius 1 is 1.23 bits per heavy atom. The van der Waals surface area contributed by atoms with Crippen LogP contribution in [0.4, 0.5) is 0 Å². The molecular formula is C20H27NS. The van der Waals surface area contributed by atoms with Gasteiger partial charge in [0.1, 0.15) is 0 Å². The molecule has 0 spiro atoms. The second-order valence-electron chi connectivity index (χ2n) is 7.50. The molecule has 4 rings (SSSR count). The normalized spacial score (nSPS) is 30.8. The van der Waals surface area contributed by atoms with Crippen molar-refractivity contribution in [3.63, 3.8) is 0 Å². The molecule has 1 aliphatic carbocycles. The molecule has 22 heavy (non-hydrogen) atoms. The Morgan fingerprint density at radius 3 is 2.82 bits per heavy atom. The van der Waals surface area contributed by atoms with Gasteiger partial charge in [0.25, 0.3) is 0 Å². The minimum Gasteiger partial charge on any atom is -0.289 e. The number of hydrogen-bond donors (Lipinski definition) is 0. The maximum absolute atomic E-state index is 2.77.